The van der Waals surface area contributed by atoms with Gasteiger partial charge in [0.25, 0.3) is 5.91 Å². The predicted octanol–water partition coefficient (Wildman–Crippen LogP) is 5.01. The summed E-state index contributed by atoms with van der Waals surface area (Å²) < 4.78 is 26.4. The van der Waals surface area contributed by atoms with E-state index < -0.39 is 22.0 Å². The van der Waals surface area contributed by atoms with Crippen molar-refractivity contribution in [3.8, 4) is 0 Å². The molecule has 0 fully saturated rings. The number of nitrogens with zero attached hydrogens (tertiary/aromatic N) is 1. The van der Waals surface area contributed by atoms with E-state index in [1.54, 1.807) is 49.4 Å². The summed E-state index contributed by atoms with van der Waals surface area (Å²) in [4.78, 5) is 26.4. The molecule has 0 spiro atoms. The maximum absolute atomic E-state index is 13.3. The van der Waals surface area contributed by atoms with E-state index in [1.165, 1.54) is 6.07 Å². The summed E-state index contributed by atoms with van der Waals surface area (Å²) in [6, 6.07) is 21.1. The first-order chi connectivity index (χ1) is 16.6. The number of benzene rings is 3. The zero-order chi connectivity index (χ0) is 25.6. The molecule has 2 N–H and O–H groups in total. The molecule has 0 heterocycles. The van der Waals surface area contributed by atoms with Gasteiger partial charge in [0.05, 0.1) is 29.2 Å². The van der Waals surface area contributed by atoms with Crippen LogP contribution in [0.4, 0.5) is 11.4 Å². The summed E-state index contributed by atoms with van der Waals surface area (Å²) >= 11 is 6.07. The second-order valence-corrected chi connectivity index (χ2v) is 10.4. The molecule has 35 heavy (non-hydrogen) atoms. The molecule has 0 bridgehead atoms. The number of rotatable bonds is 9. The number of sulfonamides is 1. The maximum Gasteiger partial charge on any atom is 0.253 e. The van der Waals surface area contributed by atoms with Crippen LogP contribution in [0.15, 0.2) is 78.9 Å². The molecule has 3 rings (SSSR count). The van der Waals surface area contributed by atoms with Gasteiger partial charge in [0.15, 0.2) is 0 Å². The average Bonchev–Trinajstić information content (AvgIpc) is 2.82. The Balaban J connectivity index is 1.86. The zero-order valence-electron chi connectivity index (χ0n) is 19.7. The Kier molecular flexibility index (Phi) is 8.53. The van der Waals surface area contributed by atoms with Crippen molar-refractivity contribution in [1.82, 2.24) is 5.32 Å². The van der Waals surface area contributed by atoms with Crippen LogP contribution in [0.25, 0.3) is 0 Å². The summed E-state index contributed by atoms with van der Waals surface area (Å²) in [5.74, 6) is -0.922. The molecular weight excluding hydrogens is 486 g/mol. The van der Waals surface area contributed by atoms with Gasteiger partial charge in [-0.05, 0) is 49.2 Å². The summed E-state index contributed by atoms with van der Waals surface area (Å²) in [6.07, 6.45) is 1.24. The molecule has 7 nitrogen and oxygen atoms in total. The van der Waals surface area contributed by atoms with Crippen molar-refractivity contribution in [3.63, 3.8) is 0 Å². The van der Waals surface area contributed by atoms with Crippen LogP contribution in [0.1, 0.15) is 42.2 Å². The number of amides is 2. The van der Waals surface area contributed by atoms with E-state index in [0.29, 0.717) is 5.02 Å². The van der Waals surface area contributed by atoms with Gasteiger partial charge >= 0.3 is 0 Å². The molecule has 0 saturated carbocycles. The Morgan fingerprint density at radius 2 is 1.63 bits per heavy atom. The van der Waals surface area contributed by atoms with Gasteiger partial charge in [-0.1, -0.05) is 67.1 Å². The molecule has 0 unspecified atom stereocenters. The zero-order valence-corrected chi connectivity index (χ0v) is 21.3. The molecule has 2 amide bonds. The van der Waals surface area contributed by atoms with Crippen LogP contribution in [0.3, 0.4) is 0 Å². The van der Waals surface area contributed by atoms with Gasteiger partial charge < -0.3 is 10.6 Å². The van der Waals surface area contributed by atoms with Crippen molar-refractivity contribution in [2.24, 2.45) is 0 Å². The monoisotopic (exact) mass is 513 g/mol. The first-order valence-electron chi connectivity index (χ1n) is 11.1. The van der Waals surface area contributed by atoms with Crippen molar-refractivity contribution in [2.45, 2.75) is 32.4 Å². The fourth-order valence-corrected chi connectivity index (χ4v) is 5.17. The van der Waals surface area contributed by atoms with E-state index in [4.69, 9.17) is 11.6 Å². The van der Waals surface area contributed by atoms with Gasteiger partial charge in [0.1, 0.15) is 6.04 Å². The van der Waals surface area contributed by atoms with E-state index in [9.17, 15) is 18.0 Å². The Hall–Kier alpha value is -3.36. The fraction of sp³-hybridized carbons (Fsp3) is 0.231. The highest BCUT2D eigenvalue weighted by molar-refractivity contribution is 7.92. The summed E-state index contributed by atoms with van der Waals surface area (Å²) in [7, 11) is -3.82. The number of halogens is 1. The highest BCUT2D eigenvalue weighted by Gasteiger charge is 2.32. The van der Waals surface area contributed by atoms with Crippen LogP contribution in [0.2, 0.25) is 5.02 Å². The lowest BCUT2D eigenvalue weighted by Crippen LogP contribution is -2.47. The standard InChI is InChI=1S/C26H28ClN3O4S/c1-4-24(30(35(3,33)34)21-14-10-13-20(27)17-21)26(32)29-23-16-9-8-15-22(23)25(31)28-18(2)19-11-6-5-7-12-19/h5-18,24H,4H2,1-3H3,(H,28,31)(H,29,32)/t18-,24-/m0/s1. The highest BCUT2D eigenvalue weighted by atomic mass is 35.5. The van der Waals surface area contributed by atoms with Crippen LogP contribution < -0.4 is 14.9 Å². The Morgan fingerprint density at radius 3 is 2.26 bits per heavy atom. The second-order valence-electron chi connectivity index (χ2n) is 8.10. The predicted molar refractivity (Wildman–Crippen MR) is 140 cm³/mol. The number of hydrogen-bond acceptors (Lipinski definition) is 4. The van der Waals surface area contributed by atoms with Crippen LogP contribution >= 0.6 is 11.6 Å². The molecule has 0 saturated heterocycles. The Labute approximate surface area is 211 Å². The number of hydrogen-bond donors (Lipinski definition) is 2. The topological polar surface area (TPSA) is 95.6 Å². The summed E-state index contributed by atoms with van der Waals surface area (Å²) in [6.45, 7) is 3.59. The van der Waals surface area contributed by atoms with E-state index in [1.807, 2.05) is 37.3 Å². The quantitative estimate of drug-likeness (QED) is 0.420. The normalized spacial score (nSPS) is 12.9. The number of carbonyl (C=O) groups is 2. The molecule has 184 valence electrons. The number of nitrogens with one attached hydrogen (secondary N) is 2. The van der Waals surface area contributed by atoms with Gasteiger partial charge in [-0.2, -0.15) is 0 Å². The third kappa shape index (κ3) is 6.61. The van der Waals surface area contributed by atoms with E-state index in [2.05, 4.69) is 10.6 Å². The van der Waals surface area contributed by atoms with E-state index in [0.717, 1.165) is 16.1 Å². The SMILES string of the molecule is CC[C@@H](C(=O)Nc1ccccc1C(=O)N[C@@H](C)c1ccccc1)N(c1cccc(Cl)c1)S(C)(=O)=O. The van der Waals surface area contributed by atoms with Gasteiger partial charge in [-0.3, -0.25) is 13.9 Å². The van der Waals surface area contributed by atoms with Crippen molar-refractivity contribution < 1.29 is 18.0 Å². The molecule has 3 aromatic carbocycles. The fourth-order valence-electron chi connectivity index (χ4n) is 3.78. The third-order valence-electron chi connectivity index (χ3n) is 5.47. The lowest BCUT2D eigenvalue weighted by molar-refractivity contribution is -0.117. The van der Waals surface area contributed by atoms with Gasteiger partial charge in [0.2, 0.25) is 15.9 Å². The van der Waals surface area contributed by atoms with Crippen LogP contribution in [0, 0.1) is 0 Å². The van der Waals surface area contributed by atoms with E-state index in [-0.39, 0.29) is 35.3 Å². The first kappa shape index (κ1) is 26.2. The molecular formula is C26H28ClN3O4S. The van der Waals surface area contributed by atoms with Crippen molar-refractivity contribution >= 4 is 44.8 Å². The molecule has 0 aliphatic carbocycles. The first-order valence-corrected chi connectivity index (χ1v) is 13.3. The summed E-state index contributed by atoms with van der Waals surface area (Å²) in [5, 5.41) is 6.04. The molecule has 9 heteroatoms. The molecule has 0 radical (unpaired) electrons. The third-order valence-corrected chi connectivity index (χ3v) is 6.88. The number of carbonyl (C=O) groups excluding carboxylic acids is 2. The van der Waals surface area contributed by atoms with E-state index >= 15 is 0 Å². The maximum atomic E-state index is 13.3. The van der Waals surface area contributed by atoms with Gasteiger partial charge in [-0.15, -0.1) is 0 Å². The Bertz CT molecular complexity index is 1300. The summed E-state index contributed by atoms with van der Waals surface area (Å²) in [5.41, 5.74) is 1.78. The van der Waals surface area contributed by atoms with Crippen LogP contribution in [-0.4, -0.2) is 32.5 Å². The minimum atomic E-state index is -3.82. The average molecular weight is 514 g/mol. The minimum absolute atomic E-state index is 0.199. The van der Waals surface area contributed by atoms with Gasteiger partial charge in [0, 0.05) is 5.02 Å². The van der Waals surface area contributed by atoms with Crippen LogP contribution in [-0.2, 0) is 14.8 Å². The minimum Gasteiger partial charge on any atom is -0.345 e. The molecule has 2 atom stereocenters. The highest BCUT2D eigenvalue weighted by Crippen LogP contribution is 2.26. The Morgan fingerprint density at radius 1 is 0.971 bits per heavy atom. The lowest BCUT2D eigenvalue weighted by Gasteiger charge is -2.30. The van der Waals surface area contributed by atoms with Crippen LogP contribution in [0.5, 0.6) is 0 Å². The number of anilines is 2. The lowest BCUT2D eigenvalue weighted by atomic mass is 10.1. The smallest absolute Gasteiger partial charge is 0.253 e. The van der Waals surface area contributed by atoms with Gasteiger partial charge in [-0.25, -0.2) is 8.42 Å². The largest absolute Gasteiger partial charge is 0.345 e. The van der Waals surface area contributed by atoms with Crippen molar-refractivity contribution in [2.75, 3.05) is 15.9 Å². The molecule has 3 aromatic rings. The van der Waals surface area contributed by atoms with Crippen molar-refractivity contribution in [3.05, 3.63) is 95.0 Å². The second kappa shape index (κ2) is 11.4. The molecule has 0 aliphatic rings. The van der Waals surface area contributed by atoms with Crippen molar-refractivity contribution in [1.29, 1.82) is 0 Å². The molecule has 0 aliphatic heterocycles. The number of para-hydroxylation sites is 1. The molecule has 0 aromatic heterocycles.